The second-order valence-electron chi connectivity index (χ2n) is 6.46. The number of methoxy groups -OCH3 is 2. The Balaban J connectivity index is 0.00000280. The van der Waals surface area contributed by atoms with Gasteiger partial charge in [0.25, 0.3) is 5.69 Å². The van der Waals surface area contributed by atoms with Crippen molar-refractivity contribution in [1.29, 1.82) is 0 Å². The molecule has 2 aromatic rings. The van der Waals surface area contributed by atoms with Crippen LogP contribution in [-0.2, 0) is 13.0 Å². The van der Waals surface area contributed by atoms with Gasteiger partial charge in [0.1, 0.15) is 5.75 Å². The van der Waals surface area contributed by atoms with E-state index < -0.39 is 4.92 Å². The fourth-order valence-corrected chi connectivity index (χ4v) is 3.27. The van der Waals surface area contributed by atoms with E-state index in [4.69, 9.17) is 14.2 Å². The lowest BCUT2D eigenvalue weighted by Crippen LogP contribution is -2.32. The predicted molar refractivity (Wildman–Crippen MR) is 109 cm³/mol. The van der Waals surface area contributed by atoms with Crippen LogP contribution in [-0.4, -0.2) is 43.7 Å². The number of non-ortho nitro benzene ring substituents is 1. The Morgan fingerprint density at radius 3 is 2.32 bits per heavy atom. The molecular formula is C20H25ClN2O5. The van der Waals surface area contributed by atoms with Crippen LogP contribution in [0.15, 0.2) is 36.4 Å². The smallest absolute Gasteiger partial charge is 0.269 e. The number of benzene rings is 2. The molecule has 0 N–H and O–H groups in total. The van der Waals surface area contributed by atoms with Gasteiger partial charge in [-0.05, 0) is 48.2 Å². The number of fused-ring (bicyclic) bond motifs is 1. The summed E-state index contributed by atoms with van der Waals surface area (Å²) in [7, 11) is 3.31. The van der Waals surface area contributed by atoms with Crippen molar-refractivity contribution in [2.24, 2.45) is 0 Å². The summed E-state index contributed by atoms with van der Waals surface area (Å²) in [4.78, 5) is 12.6. The summed E-state index contributed by atoms with van der Waals surface area (Å²) in [6.45, 7) is 3.39. The summed E-state index contributed by atoms with van der Waals surface area (Å²) in [5.41, 5.74) is 2.66. The lowest BCUT2D eigenvalue weighted by atomic mass is 9.98. The molecule has 0 spiro atoms. The maximum absolute atomic E-state index is 10.7. The first kappa shape index (κ1) is 21.8. The van der Waals surface area contributed by atoms with Gasteiger partial charge in [0, 0.05) is 31.8 Å². The highest BCUT2D eigenvalue weighted by Crippen LogP contribution is 2.33. The molecule has 152 valence electrons. The summed E-state index contributed by atoms with van der Waals surface area (Å²) >= 11 is 0. The normalized spacial score (nSPS) is 13.2. The number of nitrogens with zero attached hydrogens (tertiary/aromatic N) is 2. The fourth-order valence-electron chi connectivity index (χ4n) is 3.27. The highest BCUT2D eigenvalue weighted by molar-refractivity contribution is 5.85. The molecule has 0 saturated heterocycles. The Morgan fingerprint density at radius 1 is 1.07 bits per heavy atom. The molecule has 0 unspecified atom stereocenters. The van der Waals surface area contributed by atoms with Gasteiger partial charge in [-0.1, -0.05) is 0 Å². The molecule has 0 fully saturated rings. The molecule has 28 heavy (non-hydrogen) atoms. The summed E-state index contributed by atoms with van der Waals surface area (Å²) in [6.07, 6.45) is 1.87. The van der Waals surface area contributed by atoms with Gasteiger partial charge in [0.15, 0.2) is 11.5 Å². The third kappa shape index (κ3) is 5.27. The maximum Gasteiger partial charge on any atom is 0.269 e. The molecule has 0 atom stereocenters. The zero-order chi connectivity index (χ0) is 19.2. The second kappa shape index (κ2) is 10.1. The van der Waals surface area contributed by atoms with Crippen LogP contribution < -0.4 is 14.2 Å². The van der Waals surface area contributed by atoms with Crippen molar-refractivity contribution in [3.05, 3.63) is 57.6 Å². The summed E-state index contributed by atoms with van der Waals surface area (Å²) in [5.74, 6) is 2.20. The zero-order valence-electron chi connectivity index (χ0n) is 16.1. The number of ether oxygens (including phenoxy) is 3. The topological polar surface area (TPSA) is 74.1 Å². The van der Waals surface area contributed by atoms with Gasteiger partial charge in [0.05, 0.1) is 25.7 Å². The first-order valence-electron chi connectivity index (χ1n) is 8.94. The molecule has 0 saturated carbocycles. The summed E-state index contributed by atoms with van der Waals surface area (Å²) < 4.78 is 16.5. The van der Waals surface area contributed by atoms with Crippen LogP contribution in [0.1, 0.15) is 17.5 Å². The second-order valence-corrected chi connectivity index (χ2v) is 6.46. The number of nitro groups is 1. The number of nitro benzene ring substituents is 1. The van der Waals surface area contributed by atoms with E-state index in [0.717, 1.165) is 44.0 Å². The lowest BCUT2D eigenvalue weighted by Gasteiger charge is -2.29. The Labute approximate surface area is 170 Å². The Kier molecular flexibility index (Phi) is 7.90. The molecule has 0 aromatic heterocycles. The van der Waals surface area contributed by atoms with Crippen LogP contribution in [0.4, 0.5) is 5.69 Å². The highest BCUT2D eigenvalue weighted by atomic mass is 35.5. The quantitative estimate of drug-likeness (QED) is 0.375. The third-order valence-electron chi connectivity index (χ3n) is 4.73. The van der Waals surface area contributed by atoms with Crippen LogP contribution in [0.2, 0.25) is 0 Å². The minimum absolute atomic E-state index is 0. The van der Waals surface area contributed by atoms with Crippen LogP contribution in [0.3, 0.4) is 0 Å². The molecule has 1 aliphatic heterocycles. The van der Waals surface area contributed by atoms with Crippen molar-refractivity contribution in [3.63, 3.8) is 0 Å². The Morgan fingerprint density at radius 2 is 1.71 bits per heavy atom. The van der Waals surface area contributed by atoms with Crippen molar-refractivity contribution in [3.8, 4) is 17.2 Å². The molecular weight excluding hydrogens is 384 g/mol. The van der Waals surface area contributed by atoms with Crippen LogP contribution in [0.5, 0.6) is 17.2 Å². The molecule has 8 heteroatoms. The van der Waals surface area contributed by atoms with Crippen molar-refractivity contribution in [2.45, 2.75) is 19.4 Å². The van der Waals surface area contributed by atoms with E-state index in [1.54, 1.807) is 26.4 Å². The van der Waals surface area contributed by atoms with Gasteiger partial charge in [-0.3, -0.25) is 15.0 Å². The van der Waals surface area contributed by atoms with E-state index in [1.807, 2.05) is 0 Å². The third-order valence-corrected chi connectivity index (χ3v) is 4.73. The van der Waals surface area contributed by atoms with Gasteiger partial charge in [-0.15, -0.1) is 12.4 Å². The van der Waals surface area contributed by atoms with Crippen LogP contribution in [0, 0.1) is 10.1 Å². The van der Waals surface area contributed by atoms with Gasteiger partial charge >= 0.3 is 0 Å². The molecule has 1 heterocycles. The van der Waals surface area contributed by atoms with Gasteiger partial charge in [0.2, 0.25) is 0 Å². The summed E-state index contributed by atoms with van der Waals surface area (Å²) in [5, 5.41) is 10.7. The highest BCUT2D eigenvalue weighted by Gasteiger charge is 2.19. The van der Waals surface area contributed by atoms with Gasteiger partial charge in [-0.2, -0.15) is 0 Å². The predicted octanol–water partition coefficient (Wildman–Crippen LogP) is 3.86. The molecule has 0 bridgehead atoms. The lowest BCUT2D eigenvalue weighted by molar-refractivity contribution is -0.384. The van der Waals surface area contributed by atoms with Crippen LogP contribution >= 0.6 is 12.4 Å². The first-order valence-corrected chi connectivity index (χ1v) is 8.94. The molecule has 0 radical (unpaired) electrons. The largest absolute Gasteiger partial charge is 0.494 e. The zero-order valence-corrected chi connectivity index (χ0v) is 16.9. The van der Waals surface area contributed by atoms with E-state index in [0.29, 0.717) is 12.4 Å². The average molecular weight is 409 g/mol. The Bertz CT molecular complexity index is 798. The van der Waals surface area contributed by atoms with Crippen molar-refractivity contribution < 1.29 is 19.1 Å². The maximum atomic E-state index is 10.7. The minimum Gasteiger partial charge on any atom is -0.494 e. The molecule has 1 aliphatic rings. The van der Waals surface area contributed by atoms with Gasteiger partial charge in [-0.25, -0.2) is 0 Å². The minimum atomic E-state index is -0.414. The number of hydrogen-bond donors (Lipinski definition) is 0. The molecule has 3 rings (SSSR count). The van der Waals surface area contributed by atoms with E-state index in [9.17, 15) is 10.1 Å². The van der Waals surface area contributed by atoms with Crippen molar-refractivity contribution >= 4 is 18.1 Å². The number of hydrogen-bond acceptors (Lipinski definition) is 6. The summed E-state index contributed by atoms with van der Waals surface area (Å²) in [6, 6.07) is 10.3. The van der Waals surface area contributed by atoms with E-state index in [2.05, 4.69) is 17.0 Å². The SMILES string of the molecule is COc1cc2c(cc1OC)CN(CCCOc1ccc([N+](=O)[O-])cc1)CC2.Cl. The van der Waals surface area contributed by atoms with E-state index in [1.165, 1.54) is 23.3 Å². The van der Waals surface area contributed by atoms with E-state index >= 15 is 0 Å². The monoisotopic (exact) mass is 408 g/mol. The number of halogens is 1. The fraction of sp³-hybridized carbons (Fsp3) is 0.400. The first-order chi connectivity index (χ1) is 13.1. The van der Waals surface area contributed by atoms with Crippen molar-refractivity contribution in [2.75, 3.05) is 33.9 Å². The molecule has 2 aromatic carbocycles. The molecule has 7 nitrogen and oxygen atoms in total. The Hall–Kier alpha value is -2.51. The standard InChI is InChI=1S/C20H24N2O5.ClH/c1-25-19-12-15-8-10-21(14-16(15)13-20(19)26-2)9-3-11-27-18-6-4-17(5-7-18)22(23)24;/h4-7,12-13H,3,8-11,14H2,1-2H3;1H. The van der Waals surface area contributed by atoms with E-state index in [-0.39, 0.29) is 18.1 Å². The van der Waals surface area contributed by atoms with Gasteiger partial charge < -0.3 is 14.2 Å². The average Bonchev–Trinajstić information content (AvgIpc) is 2.70. The molecule has 0 aliphatic carbocycles. The molecule has 0 amide bonds. The van der Waals surface area contributed by atoms with Crippen LogP contribution in [0.25, 0.3) is 0 Å². The van der Waals surface area contributed by atoms with Crippen molar-refractivity contribution in [1.82, 2.24) is 4.90 Å². The number of rotatable bonds is 8.